The number of carboxylic acid groups (broad SMARTS) is 1. The Balaban J connectivity index is 0.00000240. The van der Waals surface area contributed by atoms with E-state index >= 15 is 0 Å². The smallest absolute Gasteiger partial charge is 0.477 e. The van der Waals surface area contributed by atoms with Gasteiger partial charge in [-0.25, -0.2) is 9.78 Å². The second kappa shape index (κ2) is 8.17. The Hall–Kier alpha value is -2.36. The molecule has 4 rings (SSSR count). The fourth-order valence-electron chi connectivity index (χ4n) is 3.04. The first kappa shape index (κ1) is 21.4. The molecule has 0 bridgehead atoms. The topological polar surface area (TPSA) is 77.2 Å². The zero-order chi connectivity index (χ0) is 19.9. The van der Waals surface area contributed by atoms with Crippen molar-refractivity contribution in [2.45, 2.75) is 25.2 Å². The maximum atomic E-state index is 12.4. The predicted molar refractivity (Wildman–Crippen MR) is 98.6 cm³/mol. The Morgan fingerprint density at radius 1 is 1.14 bits per heavy atom. The molecule has 10 heteroatoms. The number of alkyl halides is 3. The molecule has 0 saturated heterocycles. The monoisotopic (exact) mass is 412 g/mol. The molecule has 29 heavy (non-hydrogen) atoms. The van der Waals surface area contributed by atoms with Crippen LogP contribution in [0.15, 0.2) is 48.8 Å². The van der Waals surface area contributed by atoms with Crippen LogP contribution in [0.2, 0.25) is 0 Å². The zero-order valence-corrected chi connectivity index (χ0v) is 17.3. The summed E-state index contributed by atoms with van der Waals surface area (Å²) >= 11 is 0. The maximum Gasteiger partial charge on any atom is 0.573 e. The van der Waals surface area contributed by atoms with Gasteiger partial charge in [-0.3, -0.25) is 4.98 Å². The number of pyridine rings is 1. The van der Waals surface area contributed by atoms with E-state index in [1.54, 1.807) is 22.9 Å². The van der Waals surface area contributed by atoms with Crippen molar-refractivity contribution in [3.63, 3.8) is 0 Å². The summed E-state index contributed by atoms with van der Waals surface area (Å²) in [5.41, 5.74) is 1.37. The molecule has 1 aromatic carbocycles. The number of hydrogen-bond acceptors (Lipinski definition) is 4. The molecule has 6 nitrogen and oxygen atoms in total. The minimum absolute atomic E-state index is 0. The van der Waals surface area contributed by atoms with Gasteiger partial charge in [-0.15, -0.1) is 13.2 Å². The molecule has 1 aliphatic rings. The van der Waals surface area contributed by atoms with E-state index < -0.39 is 12.3 Å². The first-order valence-corrected chi connectivity index (χ1v) is 8.45. The van der Waals surface area contributed by atoms with Crippen molar-refractivity contribution in [3.8, 4) is 28.4 Å². The van der Waals surface area contributed by atoms with Gasteiger partial charge in [0.25, 0.3) is 0 Å². The van der Waals surface area contributed by atoms with E-state index in [-0.39, 0.29) is 52.7 Å². The Morgan fingerprint density at radius 3 is 2.34 bits per heavy atom. The second-order valence-electron chi connectivity index (χ2n) is 6.35. The number of aromatic nitrogens is 3. The molecule has 0 aliphatic heterocycles. The number of rotatable bonds is 5. The van der Waals surface area contributed by atoms with Gasteiger partial charge in [0, 0.05) is 59.1 Å². The van der Waals surface area contributed by atoms with Crippen LogP contribution in [0.3, 0.4) is 0 Å². The van der Waals surface area contributed by atoms with Gasteiger partial charge in [-0.1, -0.05) is 0 Å². The molecule has 1 radical (unpaired) electrons. The molecule has 0 amide bonds. The molecule has 2 heterocycles. The Labute approximate surface area is 185 Å². The first-order valence-electron chi connectivity index (χ1n) is 8.45. The van der Waals surface area contributed by atoms with E-state index in [1.807, 2.05) is 0 Å². The fourth-order valence-corrected chi connectivity index (χ4v) is 3.04. The van der Waals surface area contributed by atoms with E-state index in [0.717, 1.165) is 12.8 Å². The summed E-state index contributed by atoms with van der Waals surface area (Å²) in [6.45, 7) is 0. The largest absolute Gasteiger partial charge is 0.573 e. The van der Waals surface area contributed by atoms with Crippen LogP contribution in [0.4, 0.5) is 13.2 Å². The molecule has 3 aromatic rings. The Morgan fingerprint density at radius 2 is 1.83 bits per heavy atom. The Kier molecular flexibility index (Phi) is 6.02. The van der Waals surface area contributed by atoms with Gasteiger partial charge in [-0.05, 0) is 49.2 Å². The summed E-state index contributed by atoms with van der Waals surface area (Å²) in [4.78, 5) is 20.5. The predicted octanol–water partition coefficient (Wildman–Crippen LogP) is 4.16. The third-order valence-corrected chi connectivity index (χ3v) is 4.31. The van der Waals surface area contributed by atoms with E-state index in [2.05, 4.69) is 14.7 Å². The number of hydrogen-bond donors (Lipinski definition) is 1. The van der Waals surface area contributed by atoms with Crippen LogP contribution < -0.4 is 4.74 Å². The summed E-state index contributed by atoms with van der Waals surface area (Å²) in [5.74, 6) is -1.09. The van der Waals surface area contributed by atoms with Crippen LogP contribution >= 0.6 is 0 Å². The van der Waals surface area contributed by atoms with Crippen molar-refractivity contribution in [3.05, 3.63) is 54.5 Å². The number of ether oxygens (including phenoxy) is 1. The van der Waals surface area contributed by atoms with E-state index in [0.29, 0.717) is 17.0 Å². The van der Waals surface area contributed by atoms with Crippen LogP contribution in [0.5, 0.6) is 5.75 Å². The molecule has 1 fully saturated rings. The molecule has 1 aliphatic carbocycles. The van der Waals surface area contributed by atoms with Crippen LogP contribution in [0.25, 0.3) is 22.6 Å². The van der Waals surface area contributed by atoms with Crippen molar-refractivity contribution in [1.82, 2.24) is 14.5 Å². The van der Waals surface area contributed by atoms with Crippen molar-refractivity contribution in [2.24, 2.45) is 0 Å². The Bertz CT molecular complexity index is 1020. The van der Waals surface area contributed by atoms with E-state index in [9.17, 15) is 23.1 Å². The van der Waals surface area contributed by atoms with Crippen molar-refractivity contribution in [1.29, 1.82) is 0 Å². The van der Waals surface area contributed by atoms with Crippen LogP contribution in [0.1, 0.15) is 29.4 Å². The number of halogens is 3. The number of imidazole rings is 1. The third kappa shape index (κ3) is 4.63. The average Bonchev–Trinajstić information content (AvgIpc) is 3.41. The quantitative estimate of drug-likeness (QED) is 0.637. The standard InChI is InChI=1S/C19H14F3N3O3.Na/c20-19(21,22)28-14-7-3-11(4-8-14)17-24-15(12-2-1-9-23-10-12)16(18(26)27)25(17)13-5-6-13;/h1-4,7-10,13H,5-6H2,(H,26,27);. The van der Waals surface area contributed by atoms with Crippen LogP contribution in [0, 0.1) is 0 Å². The minimum atomic E-state index is -4.78. The molecular formula is C19H14F3N3NaO3. The summed E-state index contributed by atoms with van der Waals surface area (Å²) < 4.78 is 42.6. The second-order valence-corrected chi connectivity index (χ2v) is 6.35. The van der Waals surface area contributed by atoms with Gasteiger partial charge in [-0.2, -0.15) is 0 Å². The summed E-state index contributed by atoms with van der Waals surface area (Å²) in [6.07, 6.45) is -0.0626. The normalized spacial score (nSPS) is 13.6. The molecule has 0 unspecified atom stereocenters. The first-order chi connectivity index (χ1) is 13.3. The zero-order valence-electron chi connectivity index (χ0n) is 15.3. The van der Waals surface area contributed by atoms with Crippen LogP contribution in [-0.2, 0) is 0 Å². The molecule has 0 atom stereocenters. The molecule has 145 valence electrons. The van der Waals surface area contributed by atoms with Gasteiger partial charge < -0.3 is 14.4 Å². The number of nitrogens with zero attached hydrogens (tertiary/aromatic N) is 3. The third-order valence-electron chi connectivity index (χ3n) is 4.31. The SMILES string of the molecule is O=C(O)c1c(-c2cccnc2)nc(-c2ccc(OC(F)(F)F)cc2)n1C1CC1.[Na]. The molecular weight excluding hydrogens is 398 g/mol. The van der Waals surface area contributed by atoms with Gasteiger partial charge in [0.2, 0.25) is 0 Å². The van der Waals surface area contributed by atoms with Gasteiger partial charge in [0.15, 0.2) is 5.69 Å². The average molecular weight is 412 g/mol. The number of aromatic carboxylic acids is 1. The van der Waals surface area contributed by atoms with Gasteiger partial charge in [0.05, 0.1) is 0 Å². The van der Waals surface area contributed by atoms with Crippen molar-refractivity contribution < 1.29 is 27.8 Å². The summed E-state index contributed by atoms with van der Waals surface area (Å²) in [7, 11) is 0. The van der Waals surface area contributed by atoms with Crippen LogP contribution in [-0.4, -0.2) is 61.5 Å². The van der Waals surface area contributed by atoms with Crippen molar-refractivity contribution in [2.75, 3.05) is 0 Å². The summed E-state index contributed by atoms with van der Waals surface area (Å²) in [6, 6.07) is 8.60. The van der Waals surface area contributed by atoms with Gasteiger partial charge in [0.1, 0.15) is 17.3 Å². The number of carbonyl (C=O) groups is 1. The number of benzene rings is 1. The van der Waals surface area contributed by atoms with E-state index in [1.165, 1.54) is 30.5 Å². The molecule has 2 aromatic heterocycles. The number of carboxylic acids is 1. The minimum Gasteiger partial charge on any atom is -0.477 e. The molecule has 1 N–H and O–H groups in total. The van der Waals surface area contributed by atoms with E-state index in [4.69, 9.17) is 0 Å². The van der Waals surface area contributed by atoms with Gasteiger partial charge >= 0.3 is 12.3 Å². The van der Waals surface area contributed by atoms with Crippen molar-refractivity contribution >= 4 is 35.5 Å². The molecule has 1 saturated carbocycles. The summed E-state index contributed by atoms with van der Waals surface area (Å²) in [5, 5.41) is 9.79. The molecule has 0 spiro atoms. The maximum absolute atomic E-state index is 12.4. The fraction of sp³-hybridized carbons (Fsp3) is 0.211.